The van der Waals surface area contributed by atoms with E-state index in [2.05, 4.69) is 5.32 Å². The molecule has 1 aromatic rings. The zero-order valence-corrected chi connectivity index (χ0v) is 27.7. The summed E-state index contributed by atoms with van der Waals surface area (Å²) in [5.74, 6) is -9.09. The summed E-state index contributed by atoms with van der Waals surface area (Å²) in [7, 11) is 0. The highest BCUT2D eigenvalue weighted by Crippen LogP contribution is 2.66. The Morgan fingerprint density at radius 2 is 1.49 bits per heavy atom. The molecule has 2 N–H and O–H groups in total. The first kappa shape index (κ1) is 37.6. The van der Waals surface area contributed by atoms with E-state index >= 15 is 0 Å². The van der Waals surface area contributed by atoms with Gasteiger partial charge in [-0.1, -0.05) is 0 Å². The summed E-state index contributed by atoms with van der Waals surface area (Å²) in [4.78, 5) is 64.1. The Balaban J connectivity index is 1.93. The van der Waals surface area contributed by atoms with E-state index in [1.807, 2.05) is 0 Å². The molecule has 0 bridgehead atoms. The van der Waals surface area contributed by atoms with Gasteiger partial charge in [0.2, 0.25) is 13.6 Å². The van der Waals surface area contributed by atoms with Crippen LogP contribution in [0.4, 0.5) is 23.2 Å². The number of hydrogen-bond donors (Lipinski definition) is 2. The first-order chi connectivity index (χ1) is 21.9. The Kier molecular flexibility index (Phi) is 12.3. The predicted octanol–water partition coefficient (Wildman–Crippen LogP) is 4.30. The number of halogens is 2. The van der Waals surface area contributed by atoms with Crippen molar-refractivity contribution in [2.45, 2.75) is 82.8 Å². The van der Waals surface area contributed by atoms with Crippen LogP contribution in [0.1, 0.15) is 48.5 Å². The summed E-state index contributed by atoms with van der Waals surface area (Å²) in [6, 6.07) is 3.10. The van der Waals surface area contributed by atoms with Crippen molar-refractivity contribution in [3.05, 3.63) is 29.8 Å². The molecule has 14 nitrogen and oxygen atoms in total. The van der Waals surface area contributed by atoms with E-state index in [1.54, 1.807) is 48.5 Å². The third-order valence-corrected chi connectivity index (χ3v) is 8.15. The van der Waals surface area contributed by atoms with Crippen molar-refractivity contribution >= 4 is 42.1 Å². The van der Waals surface area contributed by atoms with Gasteiger partial charge in [0.1, 0.15) is 5.60 Å². The van der Waals surface area contributed by atoms with Gasteiger partial charge in [0, 0.05) is 28.4 Å². The smallest absolute Gasteiger partial charge is 0.444 e. The van der Waals surface area contributed by atoms with Crippen LogP contribution in [-0.2, 0) is 42.7 Å². The van der Waals surface area contributed by atoms with Crippen LogP contribution in [0, 0.1) is 35.3 Å². The molecular weight excluding hydrogens is 652 g/mol. The monoisotopic (exact) mass is 691 g/mol. The lowest BCUT2D eigenvalue weighted by atomic mass is 9.80. The molecule has 2 fully saturated rings. The van der Waals surface area contributed by atoms with E-state index in [9.17, 15) is 37.9 Å². The van der Waals surface area contributed by atoms with Gasteiger partial charge in [-0.2, -0.15) is 0 Å². The quantitative estimate of drug-likeness (QED) is 0.137. The Morgan fingerprint density at radius 3 is 2.02 bits per heavy atom. The Labute approximate surface area is 274 Å². The summed E-state index contributed by atoms with van der Waals surface area (Å²) >= 11 is 0.934. The van der Waals surface area contributed by atoms with Gasteiger partial charge in [0.05, 0.1) is 24.2 Å². The Bertz CT molecular complexity index is 1340. The minimum absolute atomic E-state index is 0.174. The molecule has 17 heteroatoms. The maximum absolute atomic E-state index is 14.0. The number of thioether (sulfide) groups is 1. The van der Waals surface area contributed by atoms with Crippen molar-refractivity contribution in [3.8, 4) is 0 Å². The van der Waals surface area contributed by atoms with Crippen molar-refractivity contribution in [2.75, 3.05) is 19.3 Å². The molecule has 0 heterocycles. The van der Waals surface area contributed by atoms with Gasteiger partial charge < -0.3 is 43.6 Å². The second-order valence-electron chi connectivity index (χ2n) is 12.4. The number of amides is 1. The van der Waals surface area contributed by atoms with Gasteiger partial charge in [-0.05, 0) is 66.7 Å². The van der Waals surface area contributed by atoms with Gasteiger partial charge in [-0.3, -0.25) is 4.79 Å². The molecular formula is C30H39F2NO13S. The van der Waals surface area contributed by atoms with E-state index in [-0.39, 0.29) is 10.6 Å². The predicted molar refractivity (Wildman–Crippen MR) is 156 cm³/mol. The summed E-state index contributed by atoms with van der Waals surface area (Å²) in [6.45, 7) is 9.18. The molecule has 0 saturated heterocycles. The number of esters is 2. The number of nitrogens with one attached hydrogen (secondary N) is 1. The fraction of sp³-hybridized carbons (Fsp3) is 0.633. The molecule has 0 aliphatic heterocycles. The molecule has 0 aromatic heterocycles. The number of fused-ring (bicyclic) bond motifs is 1. The highest BCUT2D eigenvalue weighted by atomic mass is 32.2. The van der Waals surface area contributed by atoms with Gasteiger partial charge in [-0.25, -0.2) is 28.0 Å². The number of hydrogen-bond acceptors (Lipinski definition) is 14. The molecule has 3 rings (SSSR count). The lowest BCUT2D eigenvalue weighted by Gasteiger charge is -2.38. The molecule has 47 heavy (non-hydrogen) atoms. The van der Waals surface area contributed by atoms with E-state index in [1.165, 1.54) is 6.07 Å². The maximum atomic E-state index is 14.0. The third-order valence-electron chi connectivity index (χ3n) is 7.04. The summed E-state index contributed by atoms with van der Waals surface area (Å²) in [6.07, 6.45) is -5.87. The molecule has 6 unspecified atom stereocenters. The Morgan fingerprint density at radius 1 is 0.915 bits per heavy atom. The van der Waals surface area contributed by atoms with Crippen LogP contribution < -0.4 is 5.32 Å². The zero-order valence-electron chi connectivity index (χ0n) is 26.9. The SMILES string of the molecule is CC(C)OC(=O)OCOC(=O)C1C2C(O)C(CSc3ccc(F)c(F)c3)C(NC(=O)OC(C)(C)C)(C(=O)OCOC(=O)OC(C)C)C12. The van der Waals surface area contributed by atoms with Gasteiger partial charge in [0.25, 0.3) is 0 Å². The van der Waals surface area contributed by atoms with Gasteiger partial charge >= 0.3 is 30.3 Å². The second kappa shape index (κ2) is 15.4. The van der Waals surface area contributed by atoms with Crippen LogP contribution in [0.3, 0.4) is 0 Å². The van der Waals surface area contributed by atoms with Gasteiger partial charge in [0.15, 0.2) is 17.2 Å². The standard InChI is InChI=1S/C30H39F2NO13S/c1-14(2)44-27(38)42-12-40-24(35)21-20-22(21)30(33-26(37)46-29(5,6)7,25(36)41-13-43-28(39)45-15(3)4)17(23(20)34)11-47-16-8-9-18(31)19(32)10-16/h8-10,14-15,17,20-23,34H,11-13H2,1-7H3,(H,33,37). The minimum Gasteiger partial charge on any atom is -0.444 e. The average Bonchev–Trinajstić information content (AvgIpc) is 3.63. The third kappa shape index (κ3) is 9.59. The summed E-state index contributed by atoms with van der Waals surface area (Å²) < 4.78 is 62.4. The first-order valence-electron chi connectivity index (χ1n) is 14.6. The van der Waals surface area contributed by atoms with Crippen molar-refractivity contribution in [1.29, 1.82) is 0 Å². The van der Waals surface area contributed by atoms with E-state index < -0.39 is 109 Å². The normalized spacial score (nSPS) is 24.6. The van der Waals surface area contributed by atoms with Crippen molar-refractivity contribution < 1.29 is 71.0 Å². The number of aliphatic hydroxyl groups is 1. The lowest BCUT2D eigenvalue weighted by molar-refractivity contribution is -0.167. The molecule has 0 radical (unpaired) electrons. The molecule has 2 aliphatic rings. The number of carbonyl (C=O) groups is 5. The Hall–Kier alpha value is -3.86. The van der Waals surface area contributed by atoms with Crippen LogP contribution >= 0.6 is 11.8 Å². The zero-order chi connectivity index (χ0) is 35.3. The van der Waals surface area contributed by atoms with Crippen LogP contribution in [0.15, 0.2) is 23.1 Å². The average molecular weight is 692 g/mol. The molecule has 6 atom stereocenters. The van der Waals surface area contributed by atoms with Crippen molar-refractivity contribution in [3.63, 3.8) is 0 Å². The fourth-order valence-corrected chi connectivity index (χ4v) is 6.52. The number of ether oxygens (including phenoxy) is 7. The maximum Gasteiger partial charge on any atom is 0.511 e. The van der Waals surface area contributed by atoms with Crippen molar-refractivity contribution in [2.24, 2.45) is 23.7 Å². The largest absolute Gasteiger partial charge is 0.511 e. The van der Waals surface area contributed by atoms with Gasteiger partial charge in [-0.15, -0.1) is 11.8 Å². The molecule has 2 aliphatic carbocycles. The number of alkyl carbamates (subject to hydrolysis) is 1. The van der Waals surface area contributed by atoms with Crippen LogP contribution in [0.5, 0.6) is 0 Å². The molecule has 2 saturated carbocycles. The first-order valence-corrected chi connectivity index (χ1v) is 15.6. The number of carbonyl (C=O) groups excluding carboxylic acids is 5. The van der Waals surface area contributed by atoms with E-state index in [0.29, 0.717) is 0 Å². The topological polar surface area (TPSA) is 182 Å². The lowest BCUT2D eigenvalue weighted by Crippen LogP contribution is -2.63. The molecule has 1 amide bonds. The number of benzene rings is 1. The second-order valence-corrected chi connectivity index (χ2v) is 13.5. The minimum atomic E-state index is -2.19. The molecule has 0 spiro atoms. The molecule has 262 valence electrons. The summed E-state index contributed by atoms with van der Waals surface area (Å²) in [5.41, 5.74) is -3.24. The molecule has 1 aromatic carbocycles. The highest BCUT2D eigenvalue weighted by molar-refractivity contribution is 7.99. The fourth-order valence-electron chi connectivity index (χ4n) is 5.34. The van der Waals surface area contributed by atoms with Crippen LogP contribution in [-0.4, -0.2) is 84.2 Å². The van der Waals surface area contributed by atoms with E-state index in [0.717, 1.165) is 23.9 Å². The summed E-state index contributed by atoms with van der Waals surface area (Å²) in [5, 5.41) is 14.0. The van der Waals surface area contributed by atoms with E-state index in [4.69, 9.17) is 33.2 Å². The number of aliphatic hydroxyl groups excluding tert-OH is 1. The van der Waals surface area contributed by atoms with Crippen molar-refractivity contribution in [1.82, 2.24) is 5.32 Å². The number of rotatable bonds is 12. The van der Waals surface area contributed by atoms with Crippen LogP contribution in [0.2, 0.25) is 0 Å². The highest BCUT2D eigenvalue weighted by Gasteiger charge is 2.80. The van der Waals surface area contributed by atoms with Crippen LogP contribution in [0.25, 0.3) is 0 Å².